The molecular weight excluding hydrogens is 266 g/mol. The highest BCUT2D eigenvalue weighted by Gasteiger charge is 2.20. The lowest BCUT2D eigenvalue weighted by atomic mass is 10.0. The fourth-order valence-corrected chi connectivity index (χ4v) is 2.59. The zero-order valence-corrected chi connectivity index (χ0v) is 12.7. The van der Waals surface area contributed by atoms with E-state index in [1.54, 1.807) is 10.9 Å². The number of aromatic nitrogens is 4. The van der Waals surface area contributed by atoms with Crippen LogP contribution in [0.5, 0.6) is 0 Å². The molecule has 0 amide bonds. The van der Waals surface area contributed by atoms with E-state index < -0.39 is 0 Å². The van der Waals surface area contributed by atoms with Crippen molar-refractivity contribution in [1.82, 2.24) is 19.7 Å². The van der Waals surface area contributed by atoms with Gasteiger partial charge in [0, 0.05) is 6.04 Å². The SMILES string of the molecule is CC(C)(C)n1ncc2c(=O)[nH]c(N[C@H]3C=CCCC3)nc21. The second-order valence-electron chi connectivity index (χ2n) is 6.49. The molecule has 6 heteroatoms. The molecule has 2 heterocycles. The van der Waals surface area contributed by atoms with Crippen molar-refractivity contribution in [3.63, 3.8) is 0 Å². The van der Waals surface area contributed by atoms with E-state index >= 15 is 0 Å². The highest BCUT2D eigenvalue weighted by Crippen LogP contribution is 2.19. The fourth-order valence-electron chi connectivity index (χ4n) is 2.59. The zero-order valence-electron chi connectivity index (χ0n) is 12.7. The Hall–Kier alpha value is -2.11. The van der Waals surface area contributed by atoms with Gasteiger partial charge in [0.1, 0.15) is 5.39 Å². The molecule has 0 unspecified atom stereocenters. The molecule has 0 spiro atoms. The van der Waals surface area contributed by atoms with Crippen LogP contribution in [-0.2, 0) is 5.54 Å². The molecule has 3 rings (SSSR count). The first-order chi connectivity index (χ1) is 9.95. The average Bonchev–Trinajstić information content (AvgIpc) is 2.84. The van der Waals surface area contributed by atoms with Gasteiger partial charge in [-0.25, -0.2) is 4.68 Å². The van der Waals surface area contributed by atoms with Gasteiger partial charge in [0.2, 0.25) is 5.95 Å². The number of aromatic amines is 1. The Labute approximate surface area is 123 Å². The summed E-state index contributed by atoms with van der Waals surface area (Å²) in [5, 5.41) is 8.12. The summed E-state index contributed by atoms with van der Waals surface area (Å²) in [7, 11) is 0. The maximum Gasteiger partial charge on any atom is 0.263 e. The summed E-state index contributed by atoms with van der Waals surface area (Å²) in [6.45, 7) is 6.12. The van der Waals surface area contributed by atoms with Crippen LogP contribution in [0.3, 0.4) is 0 Å². The molecular formula is C15H21N5O. The predicted octanol–water partition coefficient (Wildman–Crippen LogP) is 2.40. The maximum atomic E-state index is 12.2. The topological polar surface area (TPSA) is 75.6 Å². The number of hydrogen-bond donors (Lipinski definition) is 2. The van der Waals surface area contributed by atoms with Crippen molar-refractivity contribution in [2.24, 2.45) is 0 Å². The van der Waals surface area contributed by atoms with Gasteiger partial charge in [-0.3, -0.25) is 9.78 Å². The summed E-state index contributed by atoms with van der Waals surface area (Å²) in [6.07, 6.45) is 9.21. The first kappa shape index (κ1) is 13.9. The maximum absolute atomic E-state index is 12.2. The lowest BCUT2D eigenvalue weighted by Crippen LogP contribution is -2.26. The number of nitrogens with one attached hydrogen (secondary N) is 2. The van der Waals surface area contributed by atoms with Gasteiger partial charge in [0.05, 0.1) is 11.7 Å². The first-order valence-electron chi connectivity index (χ1n) is 7.37. The number of hydrogen-bond acceptors (Lipinski definition) is 4. The summed E-state index contributed by atoms with van der Waals surface area (Å²) < 4.78 is 1.79. The van der Waals surface area contributed by atoms with E-state index in [0.29, 0.717) is 17.0 Å². The van der Waals surface area contributed by atoms with Crippen molar-refractivity contribution in [3.05, 3.63) is 28.7 Å². The van der Waals surface area contributed by atoms with E-state index in [1.807, 2.05) is 20.8 Å². The minimum absolute atomic E-state index is 0.155. The molecule has 0 bridgehead atoms. The molecule has 1 aliphatic rings. The van der Waals surface area contributed by atoms with Crippen molar-refractivity contribution >= 4 is 17.0 Å². The summed E-state index contributed by atoms with van der Waals surface area (Å²) in [6, 6.07) is 0.227. The molecule has 1 atom stereocenters. The molecule has 0 saturated heterocycles. The predicted molar refractivity (Wildman–Crippen MR) is 83.5 cm³/mol. The third-order valence-corrected chi connectivity index (χ3v) is 3.65. The fraction of sp³-hybridized carbons (Fsp3) is 0.533. The van der Waals surface area contributed by atoms with Crippen LogP contribution in [0.4, 0.5) is 5.95 Å². The lowest BCUT2D eigenvalue weighted by Gasteiger charge is -2.21. The van der Waals surface area contributed by atoms with Crippen LogP contribution < -0.4 is 10.9 Å². The number of allylic oxidation sites excluding steroid dienone is 1. The van der Waals surface area contributed by atoms with Crippen molar-refractivity contribution in [3.8, 4) is 0 Å². The number of nitrogens with zero attached hydrogens (tertiary/aromatic N) is 3. The first-order valence-corrected chi connectivity index (χ1v) is 7.37. The molecule has 21 heavy (non-hydrogen) atoms. The Morgan fingerprint density at radius 1 is 1.43 bits per heavy atom. The third-order valence-electron chi connectivity index (χ3n) is 3.65. The van der Waals surface area contributed by atoms with Crippen molar-refractivity contribution in [1.29, 1.82) is 0 Å². The molecule has 0 saturated carbocycles. The van der Waals surface area contributed by atoms with Gasteiger partial charge in [0.15, 0.2) is 5.65 Å². The number of fused-ring (bicyclic) bond motifs is 1. The molecule has 2 N–H and O–H groups in total. The smallest absolute Gasteiger partial charge is 0.263 e. The molecule has 2 aromatic rings. The van der Waals surface area contributed by atoms with Crippen molar-refractivity contribution < 1.29 is 0 Å². The summed E-state index contributed by atoms with van der Waals surface area (Å²) in [5.41, 5.74) is 0.246. The standard InChI is InChI=1S/C15H21N5O/c1-15(2,3)20-12-11(9-16-20)13(21)19-14(18-12)17-10-7-5-4-6-8-10/h5,7,9-10H,4,6,8H2,1-3H3,(H2,17,18,19,21)/t10-/m0/s1. The normalized spacial score (nSPS) is 19.1. The molecule has 112 valence electrons. The van der Waals surface area contributed by atoms with Crippen LogP contribution in [0.15, 0.2) is 23.1 Å². The highest BCUT2D eigenvalue weighted by molar-refractivity contribution is 5.74. The van der Waals surface area contributed by atoms with Gasteiger partial charge in [-0.2, -0.15) is 10.1 Å². The van der Waals surface area contributed by atoms with Gasteiger partial charge in [-0.05, 0) is 40.0 Å². The highest BCUT2D eigenvalue weighted by atomic mass is 16.1. The Morgan fingerprint density at radius 3 is 2.90 bits per heavy atom. The van der Waals surface area contributed by atoms with Crippen LogP contribution in [0.2, 0.25) is 0 Å². The van der Waals surface area contributed by atoms with E-state index in [-0.39, 0.29) is 17.1 Å². The van der Waals surface area contributed by atoms with Crippen LogP contribution in [0.1, 0.15) is 40.0 Å². The molecule has 0 fully saturated rings. The van der Waals surface area contributed by atoms with Crippen molar-refractivity contribution in [2.45, 2.75) is 51.6 Å². The van der Waals surface area contributed by atoms with E-state index in [1.165, 1.54) is 0 Å². The van der Waals surface area contributed by atoms with Gasteiger partial charge in [-0.15, -0.1) is 0 Å². The lowest BCUT2D eigenvalue weighted by molar-refractivity contribution is 0.366. The number of rotatable bonds is 2. The summed E-state index contributed by atoms with van der Waals surface area (Å²) in [4.78, 5) is 19.5. The minimum atomic E-state index is -0.218. The van der Waals surface area contributed by atoms with E-state index in [4.69, 9.17) is 0 Å². The van der Waals surface area contributed by atoms with Crippen LogP contribution in [-0.4, -0.2) is 25.8 Å². The molecule has 0 aliphatic heterocycles. The van der Waals surface area contributed by atoms with E-state index in [9.17, 15) is 4.79 Å². The summed E-state index contributed by atoms with van der Waals surface area (Å²) in [5.74, 6) is 0.509. The molecule has 1 aliphatic carbocycles. The summed E-state index contributed by atoms with van der Waals surface area (Å²) >= 11 is 0. The number of H-pyrrole nitrogens is 1. The Kier molecular flexibility index (Phi) is 3.31. The molecule has 0 aromatic carbocycles. The van der Waals surface area contributed by atoms with Crippen molar-refractivity contribution in [2.75, 3.05) is 5.32 Å². The average molecular weight is 287 g/mol. The van der Waals surface area contributed by atoms with Gasteiger partial charge in [0.25, 0.3) is 5.56 Å². The largest absolute Gasteiger partial charge is 0.349 e. The third kappa shape index (κ3) is 2.70. The second-order valence-corrected chi connectivity index (χ2v) is 6.49. The quantitative estimate of drug-likeness (QED) is 0.832. The second kappa shape index (κ2) is 5.02. The monoisotopic (exact) mass is 287 g/mol. The Bertz CT molecular complexity index is 735. The zero-order chi connectivity index (χ0) is 15.0. The van der Waals surface area contributed by atoms with Crippen LogP contribution in [0, 0.1) is 0 Å². The number of anilines is 1. The minimum Gasteiger partial charge on any atom is -0.349 e. The molecule has 0 radical (unpaired) electrons. The van der Waals surface area contributed by atoms with Crippen LogP contribution in [0.25, 0.3) is 11.0 Å². The van der Waals surface area contributed by atoms with Crippen LogP contribution >= 0.6 is 0 Å². The van der Waals surface area contributed by atoms with E-state index in [2.05, 4.69) is 32.5 Å². The van der Waals surface area contributed by atoms with Gasteiger partial charge in [-0.1, -0.05) is 12.2 Å². The molecule has 6 nitrogen and oxygen atoms in total. The van der Waals surface area contributed by atoms with Gasteiger partial charge >= 0.3 is 0 Å². The van der Waals surface area contributed by atoms with E-state index in [0.717, 1.165) is 19.3 Å². The Morgan fingerprint density at radius 2 is 2.24 bits per heavy atom. The molecule has 2 aromatic heterocycles. The van der Waals surface area contributed by atoms with Gasteiger partial charge < -0.3 is 5.32 Å². The Balaban J connectivity index is 2.02.